The number of nitrogens with two attached hydrogens (primary N) is 1. The van der Waals surface area contributed by atoms with Crippen LogP contribution in [0.5, 0.6) is 0 Å². The molecule has 2 nitrogen and oxygen atoms in total. The number of carbonyl (C=O) groups excluding carboxylic acids is 1. The monoisotopic (exact) mass is 287 g/mol. The lowest BCUT2D eigenvalue weighted by molar-refractivity contribution is -0.120. The van der Waals surface area contributed by atoms with Crippen molar-refractivity contribution in [3.05, 3.63) is 34.1 Å². The predicted molar refractivity (Wildman–Crippen MR) is 65.6 cm³/mol. The molecule has 1 atom stereocenters. The molecule has 0 fully saturated rings. The molecule has 0 saturated heterocycles. The minimum Gasteiger partial charge on any atom is -0.321 e. The third-order valence-electron chi connectivity index (χ3n) is 2.47. The van der Waals surface area contributed by atoms with Crippen LogP contribution in [-0.4, -0.2) is 11.8 Å². The molecule has 1 rings (SSSR count). The number of ketones is 1. The summed E-state index contributed by atoms with van der Waals surface area (Å²) < 4.78 is 14.1. The molecule has 0 bridgehead atoms. The average Bonchev–Trinajstić information content (AvgIpc) is 2.20. The van der Waals surface area contributed by atoms with Gasteiger partial charge in [0.2, 0.25) is 0 Å². The molecule has 0 saturated carbocycles. The van der Waals surface area contributed by atoms with Gasteiger partial charge in [0.15, 0.2) is 5.78 Å². The van der Waals surface area contributed by atoms with Crippen LogP contribution in [-0.2, 0) is 11.2 Å². The summed E-state index contributed by atoms with van der Waals surface area (Å²) in [6, 6.07) is 4.14. The summed E-state index contributed by atoms with van der Waals surface area (Å²) in [6.45, 7) is 3.75. The van der Waals surface area contributed by atoms with E-state index in [-0.39, 0.29) is 23.9 Å². The molecule has 4 heteroatoms. The van der Waals surface area contributed by atoms with E-state index in [0.29, 0.717) is 10.0 Å². The van der Waals surface area contributed by atoms with Gasteiger partial charge in [0.25, 0.3) is 0 Å². The number of rotatable bonds is 4. The molecular formula is C12H15BrFNO. The van der Waals surface area contributed by atoms with Gasteiger partial charge in [-0.15, -0.1) is 0 Å². The van der Waals surface area contributed by atoms with Gasteiger partial charge in [0, 0.05) is 10.9 Å². The molecule has 0 amide bonds. The van der Waals surface area contributed by atoms with E-state index in [0.717, 1.165) is 0 Å². The standard InChI is InChI=1S/C12H15BrFNO/c1-7(2)12(15)11(16)5-8-3-4-9(13)6-10(8)14/h3-4,6-7,12H,5,15H2,1-2H3. The highest BCUT2D eigenvalue weighted by atomic mass is 79.9. The lowest BCUT2D eigenvalue weighted by atomic mass is 9.96. The van der Waals surface area contributed by atoms with Gasteiger partial charge in [-0.1, -0.05) is 35.8 Å². The van der Waals surface area contributed by atoms with E-state index >= 15 is 0 Å². The minimum absolute atomic E-state index is 0.0540. The molecular weight excluding hydrogens is 273 g/mol. The van der Waals surface area contributed by atoms with Crippen molar-refractivity contribution >= 4 is 21.7 Å². The number of Topliss-reactive ketones (excluding diaryl/α,β-unsaturated/α-hetero) is 1. The van der Waals surface area contributed by atoms with Gasteiger partial charge in [0.1, 0.15) is 5.82 Å². The fourth-order valence-corrected chi connectivity index (χ4v) is 1.68. The quantitative estimate of drug-likeness (QED) is 0.925. The Labute approximate surface area is 103 Å². The second-order valence-corrected chi connectivity index (χ2v) is 5.06. The molecule has 88 valence electrons. The first-order chi connectivity index (χ1) is 7.41. The molecule has 2 N–H and O–H groups in total. The average molecular weight is 288 g/mol. The Morgan fingerprint density at radius 3 is 2.62 bits per heavy atom. The van der Waals surface area contributed by atoms with E-state index in [1.54, 1.807) is 12.1 Å². The normalized spacial score (nSPS) is 12.9. The van der Waals surface area contributed by atoms with Crippen molar-refractivity contribution in [2.45, 2.75) is 26.3 Å². The van der Waals surface area contributed by atoms with Gasteiger partial charge < -0.3 is 5.73 Å². The Balaban J connectivity index is 2.77. The highest BCUT2D eigenvalue weighted by Crippen LogP contribution is 2.16. The highest BCUT2D eigenvalue weighted by molar-refractivity contribution is 9.10. The number of hydrogen-bond acceptors (Lipinski definition) is 2. The van der Waals surface area contributed by atoms with Crippen molar-refractivity contribution in [2.24, 2.45) is 11.7 Å². The summed E-state index contributed by atoms with van der Waals surface area (Å²) >= 11 is 3.17. The molecule has 0 aromatic heterocycles. The van der Waals surface area contributed by atoms with Crippen molar-refractivity contribution in [3.63, 3.8) is 0 Å². The fourth-order valence-electron chi connectivity index (χ4n) is 1.34. The van der Waals surface area contributed by atoms with E-state index in [2.05, 4.69) is 15.9 Å². The van der Waals surface area contributed by atoms with Gasteiger partial charge in [-0.05, 0) is 23.6 Å². The summed E-state index contributed by atoms with van der Waals surface area (Å²) in [4.78, 5) is 11.7. The number of benzene rings is 1. The van der Waals surface area contributed by atoms with Crippen molar-refractivity contribution in [2.75, 3.05) is 0 Å². The first-order valence-corrected chi connectivity index (χ1v) is 5.93. The van der Waals surface area contributed by atoms with E-state index in [9.17, 15) is 9.18 Å². The van der Waals surface area contributed by atoms with Crippen LogP contribution >= 0.6 is 15.9 Å². The summed E-state index contributed by atoms with van der Waals surface area (Å²) in [5.41, 5.74) is 6.10. The number of hydrogen-bond donors (Lipinski definition) is 1. The van der Waals surface area contributed by atoms with Crippen LogP contribution in [0.15, 0.2) is 22.7 Å². The molecule has 0 aliphatic heterocycles. The van der Waals surface area contributed by atoms with Gasteiger partial charge >= 0.3 is 0 Å². The van der Waals surface area contributed by atoms with Crippen molar-refractivity contribution in [3.8, 4) is 0 Å². The van der Waals surface area contributed by atoms with Crippen LogP contribution in [0.3, 0.4) is 0 Å². The Hall–Kier alpha value is -0.740. The second-order valence-electron chi connectivity index (χ2n) is 4.15. The summed E-state index contributed by atoms with van der Waals surface area (Å²) in [5, 5.41) is 0. The molecule has 1 aromatic carbocycles. The molecule has 0 spiro atoms. The zero-order valence-corrected chi connectivity index (χ0v) is 10.9. The zero-order valence-electron chi connectivity index (χ0n) is 9.34. The summed E-state index contributed by atoms with van der Waals surface area (Å²) in [5.74, 6) is -0.430. The first-order valence-electron chi connectivity index (χ1n) is 5.14. The Kier molecular flexibility index (Phi) is 4.62. The maximum atomic E-state index is 13.5. The van der Waals surface area contributed by atoms with Crippen LogP contribution in [0.1, 0.15) is 19.4 Å². The van der Waals surface area contributed by atoms with Crippen molar-refractivity contribution in [1.82, 2.24) is 0 Å². The Morgan fingerprint density at radius 1 is 1.50 bits per heavy atom. The summed E-state index contributed by atoms with van der Waals surface area (Å²) in [7, 11) is 0. The number of carbonyl (C=O) groups is 1. The van der Waals surface area contributed by atoms with Crippen LogP contribution in [0.25, 0.3) is 0 Å². The third-order valence-corrected chi connectivity index (χ3v) is 2.96. The molecule has 1 aromatic rings. The predicted octanol–water partition coefficient (Wildman–Crippen LogP) is 2.68. The van der Waals surface area contributed by atoms with Crippen LogP contribution in [0.2, 0.25) is 0 Å². The van der Waals surface area contributed by atoms with Crippen LogP contribution in [0.4, 0.5) is 4.39 Å². The lowest BCUT2D eigenvalue weighted by Gasteiger charge is -2.14. The molecule has 0 aliphatic rings. The minimum atomic E-state index is -0.525. The Morgan fingerprint density at radius 2 is 2.12 bits per heavy atom. The molecule has 1 unspecified atom stereocenters. The molecule has 0 radical (unpaired) electrons. The van der Waals surface area contributed by atoms with Crippen molar-refractivity contribution in [1.29, 1.82) is 0 Å². The largest absolute Gasteiger partial charge is 0.321 e. The van der Waals surface area contributed by atoms with E-state index < -0.39 is 6.04 Å². The topological polar surface area (TPSA) is 43.1 Å². The Bertz CT molecular complexity index is 393. The van der Waals surface area contributed by atoms with Crippen LogP contribution in [0, 0.1) is 11.7 Å². The number of halogens is 2. The van der Waals surface area contributed by atoms with E-state index in [4.69, 9.17) is 5.73 Å². The van der Waals surface area contributed by atoms with Gasteiger partial charge in [0.05, 0.1) is 6.04 Å². The maximum absolute atomic E-state index is 13.5. The van der Waals surface area contributed by atoms with E-state index in [1.165, 1.54) is 6.07 Å². The smallest absolute Gasteiger partial charge is 0.154 e. The van der Waals surface area contributed by atoms with Gasteiger partial charge in [-0.25, -0.2) is 4.39 Å². The molecule has 0 heterocycles. The zero-order chi connectivity index (χ0) is 12.3. The lowest BCUT2D eigenvalue weighted by Crippen LogP contribution is -2.36. The first kappa shape index (κ1) is 13.3. The van der Waals surface area contributed by atoms with Gasteiger partial charge in [-0.3, -0.25) is 4.79 Å². The highest BCUT2D eigenvalue weighted by Gasteiger charge is 2.18. The molecule has 0 aliphatic carbocycles. The SMILES string of the molecule is CC(C)C(N)C(=O)Cc1ccc(Br)cc1F. The third kappa shape index (κ3) is 3.39. The van der Waals surface area contributed by atoms with Gasteiger partial charge in [-0.2, -0.15) is 0 Å². The second kappa shape index (κ2) is 5.55. The fraction of sp³-hybridized carbons (Fsp3) is 0.417. The van der Waals surface area contributed by atoms with E-state index in [1.807, 2.05) is 13.8 Å². The maximum Gasteiger partial charge on any atom is 0.154 e. The van der Waals surface area contributed by atoms with Crippen LogP contribution < -0.4 is 5.73 Å². The van der Waals surface area contributed by atoms with Crippen molar-refractivity contribution < 1.29 is 9.18 Å². The summed E-state index contributed by atoms with van der Waals surface area (Å²) in [6.07, 6.45) is 0.0540. The molecule has 16 heavy (non-hydrogen) atoms.